The number of benzene rings is 2. The number of amides is 1. The molecule has 0 saturated heterocycles. The van der Waals surface area contributed by atoms with Crippen LogP contribution in [0.2, 0.25) is 0 Å². The smallest absolute Gasteiger partial charge is 0.225 e. The van der Waals surface area contributed by atoms with Crippen LogP contribution in [0.15, 0.2) is 66.2 Å². The Labute approximate surface area is 167 Å². The summed E-state index contributed by atoms with van der Waals surface area (Å²) in [5.74, 6) is 0.854. The van der Waals surface area contributed by atoms with Gasteiger partial charge in [0, 0.05) is 29.4 Å². The van der Waals surface area contributed by atoms with Gasteiger partial charge in [-0.05, 0) is 18.1 Å². The van der Waals surface area contributed by atoms with Gasteiger partial charge in [-0.1, -0.05) is 48.5 Å². The number of fused-ring (bicyclic) bond motifs is 1. The predicted molar refractivity (Wildman–Crippen MR) is 112 cm³/mol. The summed E-state index contributed by atoms with van der Waals surface area (Å²) >= 11 is 1.55. The number of hydrogen-bond donors (Lipinski definition) is 1. The summed E-state index contributed by atoms with van der Waals surface area (Å²) in [6.07, 6.45) is 3.06. The number of imidazole rings is 1. The minimum absolute atomic E-state index is 0.00422. The Kier molecular flexibility index (Phi) is 5.39. The molecule has 142 valence electrons. The Bertz CT molecular complexity index is 1090. The van der Waals surface area contributed by atoms with Gasteiger partial charge in [-0.25, -0.2) is 4.98 Å². The normalized spacial score (nSPS) is 10.9. The summed E-state index contributed by atoms with van der Waals surface area (Å²) in [7, 11) is 1.66. The highest BCUT2D eigenvalue weighted by atomic mass is 32.1. The largest absolute Gasteiger partial charge is 0.496 e. The van der Waals surface area contributed by atoms with E-state index in [9.17, 15) is 4.79 Å². The number of thiazole rings is 1. The topological polar surface area (TPSA) is 55.6 Å². The Morgan fingerprint density at radius 2 is 1.93 bits per heavy atom. The number of ether oxygens (including phenoxy) is 1. The van der Waals surface area contributed by atoms with Crippen LogP contribution in [0.5, 0.6) is 5.75 Å². The second-order valence-electron chi connectivity index (χ2n) is 6.46. The van der Waals surface area contributed by atoms with Gasteiger partial charge < -0.3 is 10.1 Å². The van der Waals surface area contributed by atoms with Crippen LogP contribution in [-0.2, 0) is 17.6 Å². The molecule has 2 aromatic heterocycles. The van der Waals surface area contributed by atoms with Crippen molar-refractivity contribution < 1.29 is 9.53 Å². The van der Waals surface area contributed by atoms with Gasteiger partial charge in [-0.3, -0.25) is 9.20 Å². The van der Waals surface area contributed by atoms with Crippen molar-refractivity contribution in [3.8, 4) is 17.0 Å². The highest BCUT2D eigenvalue weighted by molar-refractivity contribution is 7.15. The van der Waals surface area contributed by atoms with Crippen LogP contribution in [0.1, 0.15) is 11.3 Å². The third-order valence-electron chi connectivity index (χ3n) is 4.60. The first kappa shape index (κ1) is 18.3. The molecule has 0 atom stereocenters. The molecule has 0 unspecified atom stereocenters. The molecule has 0 saturated carbocycles. The first-order chi connectivity index (χ1) is 13.7. The minimum Gasteiger partial charge on any atom is -0.496 e. The van der Waals surface area contributed by atoms with Gasteiger partial charge in [0.25, 0.3) is 0 Å². The molecule has 0 aliphatic rings. The van der Waals surface area contributed by atoms with Gasteiger partial charge in [-0.2, -0.15) is 0 Å². The summed E-state index contributed by atoms with van der Waals surface area (Å²) in [6, 6.07) is 17.9. The van der Waals surface area contributed by atoms with E-state index in [4.69, 9.17) is 4.74 Å². The van der Waals surface area contributed by atoms with Crippen molar-refractivity contribution in [1.29, 1.82) is 0 Å². The summed E-state index contributed by atoms with van der Waals surface area (Å²) in [6.45, 7) is 0.575. The zero-order chi connectivity index (χ0) is 19.3. The van der Waals surface area contributed by atoms with Crippen LogP contribution in [0, 0.1) is 0 Å². The van der Waals surface area contributed by atoms with Crippen LogP contribution >= 0.6 is 11.3 Å². The van der Waals surface area contributed by atoms with Crippen molar-refractivity contribution in [3.63, 3.8) is 0 Å². The summed E-state index contributed by atoms with van der Waals surface area (Å²) < 4.78 is 7.36. The molecule has 1 N–H and O–H groups in total. The van der Waals surface area contributed by atoms with E-state index in [1.165, 1.54) is 0 Å². The molecule has 4 aromatic rings. The van der Waals surface area contributed by atoms with E-state index in [-0.39, 0.29) is 5.91 Å². The Hall–Kier alpha value is -3.12. The van der Waals surface area contributed by atoms with Gasteiger partial charge in [0.05, 0.1) is 19.2 Å². The van der Waals surface area contributed by atoms with E-state index in [0.29, 0.717) is 13.0 Å². The van der Waals surface area contributed by atoms with Gasteiger partial charge in [0.2, 0.25) is 5.91 Å². The number of rotatable bonds is 7. The van der Waals surface area contributed by atoms with Crippen molar-refractivity contribution >= 4 is 22.2 Å². The summed E-state index contributed by atoms with van der Waals surface area (Å²) in [5.41, 5.74) is 4.03. The van der Waals surface area contributed by atoms with Gasteiger partial charge in [0.15, 0.2) is 4.96 Å². The lowest BCUT2D eigenvalue weighted by molar-refractivity contribution is -0.120. The number of nitrogens with zero attached hydrogens (tertiary/aromatic N) is 2. The van der Waals surface area contributed by atoms with Crippen LogP contribution in [0.25, 0.3) is 16.2 Å². The molecule has 1 amide bonds. The first-order valence-corrected chi connectivity index (χ1v) is 10.0. The van der Waals surface area contributed by atoms with E-state index >= 15 is 0 Å². The zero-order valence-electron chi connectivity index (χ0n) is 15.6. The Morgan fingerprint density at radius 1 is 1.14 bits per heavy atom. The average molecular weight is 391 g/mol. The minimum atomic E-state index is 0.00422. The molecule has 6 heteroatoms. The zero-order valence-corrected chi connectivity index (χ0v) is 16.4. The maximum absolute atomic E-state index is 12.4. The molecule has 0 spiro atoms. The maximum atomic E-state index is 12.4. The van der Waals surface area contributed by atoms with Crippen LogP contribution in [0.3, 0.4) is 0 Å². The number of hydrogen-bond acceptors (Lipinski definition) is 4. The summed E-state index contributed by atoms with van der Waals surface area (Å²) in [5, 5.41) is 5.00. The molecular formula is C22H21N3O2S. The highest BCUT2D eigenvalue weighted by Gasteiger charge is 2.12. The van der Waals surface area contributed by atoms with Crippen molar-refractivity contribution in [2.75, 3.05) is 13.7 Å². The second kappa shape index (κ2) is 8.27. The summed E-state index contributed by atoms with van der Waals surface area (Å²) in [4.78, 5) is 18.0. The maximum Gasteiger partial charge on any atom is 0.225 e. The van der Waals surface area contributed by atoms with Gasteiger partial charge in [-0.15, -0.1) is 11.3 Å². The van der Waals surface area contributed by atoms with Crippen molar-refractivity contribution in [2.45, 2.75) is 12.8 Å². The monoisotopic (exact) mass is 391 g/mol. The number of aromatic nitrogens is 2. The second-order valence-corrected chi connectivity index (χ2v) is 7.30. The molecule has 0 bridgehead atoms. The fourth-order valence-electron chi connectivity index (χ4n) is 3.18. The van der Waals surface area contributed by atoms with Crippen LogP contribution < -0.4 is 10.1 Å². The quantitative estimate of drug-likeness (QED) is 0.519. The molecule has 28 heavy (non-hydrogen) atoms. The van der Waals surface area contributed by atoms with E-state index in [1.807, 2.05) is 70.6 Å². The molecule has 2 aromatic carbocycles. The van der Waals surface area contributed by atoms with E-state index in [1.54, 1.807) is 18.4 Å². The molecule has 0 radical (unpaired) electrons. The van der Waals surface area contributed by atoms with Crippen molar-refractivity contribution in [1.82, 2.24) is 14.7 Å². The highest BCUT2D eigenvalue weighted by Crippen LogP contribution is 2.23. The number of carbonyl (C=O) groups is 1. The van der Waals surface area contributed by atoms with E-state index in [0.717, 1.165) is 39.6 Å². The third-order valence-corrected chi connectivity index (χ3v) is 5.49. The van der Waals surface area contributed by atoms with Crippen molar-refractivity contribution in [2.24, 2.45) is 0 Å². The fourth-order valence-corrected chi connectivity index (χ4v) is 4.05. The molecule has 2 heterocycles. The average Bonchev–Trinajstić information content (AvgIpc) is 3.31. The Morgan fingerprint density at radius 3 is 2.75 bits per heavy atom. The molecule has 4 rings (SSSR count). The SMILES string of the molecule is COc1ccccc1CCNC(=O)Cc1csc2nc(-c3ccccc3)cn12. The van der Waals surface area contributed by atoms with Gasteiger partial charge in [0.1, 0.15) is 5.75 Å². The van der Waals surface area contributed by atoms with E-state index < -0.39 is 0 Å². The van der Waals surface area contributed by atoms with Crippen LogP contribution in [-0.4, -0.2) is 28.9 Å². The third kappa shape index (κ3) is 3.92. The van der Waals surface area contributed by atoms with E-state index in [2.05, 4.69) is 10.3 Å². The first-order valence-electron chi connectivity index (χ1n) is 9.14. The molecule has 5 nitrogen and oxygen atoms in total. The number of methoxy groups -OCH3 is 1. The lowest BCUT2D eigenvalue weighted by Gasteiger charge is -2.09. The number of para-hydroxylation sites is 1. The fraction of sp³-hybridized carbons (Fsp3) is 0.182. The molecular weight excluding hydrogens is 370 g/mol. The standard InChI is InChI=1S/C22H21N3O2S/c1-27-20-10-6-5-9-17(20)11-12-23-21(26)13-18-15-28-22-24-19(14-25(18)22)16-7-3-2-4-8-16/h2-10,14-15H,11-13H2,1H3,(H,23,26). The molecule has 0 fully saturated rings. The van der Waals surface area contributed by atoms with Crippen molar-refractivity contribution in [3.05, 3.63) is 77.4 Å². The number of carbonyl (C=O) groups excluding carboxylic acids is 1. The molecule has 0 aliphatic heterocycles. The lowest BCUT2D eigenvalue weighted by Crippen LogP contribution is -2.27. The van der Waals surface area contributed by atoms with Gasteiger partial charge >= 0.3 is 0 Å². The van der Waals surface area contributed by atoms with Crippen LogP contribution in [0.4, 0.5) is 0 Å². The predicted octanol–water partition coefficient (Wildman–Crippen LogP) is 3.97. The number of nitrogens with one attached hydrogen (secondary N) is 1. The molecule has 0 aliphatic carbocycles. The Balaban J connectivity index is 1.39. The lowest BCUT2D eigenvalue weighted by atomic mass is 10.1.